The van der Waals surface area contributed by atoms with E-state index in [4.69, 9.17) is 0 Å². The fourth-order valence-corrected chi connectivity index (χ4v) is 1.89. The van der Waals surface area contributed by atoms with Gasteiger partial charge in [0.2, 0.25) is 0 Å². The first-order chi connectivity index (χ1) is 6.25. The number of nitrogens with zero attached hydrogens (tertiary/aromatic N) is 3. The molecule has 1 aliphatic rings. The normalized spacial score (nSPS) is 20.7. The topological polar surface area (TPSA) is 21.1 Å². The van der Waals surface area contributed by atoms with Crippen LogP contribution in [0.1, 0.15) is 18.9 Å². The highest BCUT2D eigenvalue weighted by atomic mass is 15.3. The highest BCUT2D eigenvalue weighted by Gasteiger charge is 2.18. The Balaban J connectivity index is 2.02. The number of rotatable bonds is 1. The van der Waals surface area contributed by atoms with Crippen molar-refractivity contribution in [2.24, 2.45) is 0 Å². The van der Waals surface area contributed by atoms with E-state index >= 15 is 0 Å². The summed E-state index contributed by atoms with van der Waals surface area (Å²) in [6.07, 6.45) is 6.56. The maximum absolute atomic E-state index is 4.36. The van der Waals surface area contributed by atoms with E-state index in [-0.39, 0.29) is 0 Å². The largest absolute Gasteiger partial charge is 0.306 e. The molecule has 1 aromatic heterocycles. The van der Waals surface area contributed by atoms with Crippen LogP contribution in [0, 0.1) is 0 Å². The standard InChI is InChI=1S/C9H16BN3/c1-12-4-2-9(3-5-12)13-7-8(10)6-11-13/h6-7,9H,2-5,10H2,1H3. The number of aromatic nitrogens is 2. The van der Waals surface area contributed by atoms with E-state index < -0.39 is 0 Å². The van der Waals surface area contributed by atoms with Crippen molar-refractivity contribution in [1.82, 2.24) is 14.7 Å². The van der Waals surface area contributed by atoms with Gasteiger partial charge in [-0.1, -0.05) is 5.46 Å². The second-order valence-electron chi connectivity index (χ2n) is 4.03. The molecule has 2 rings (SSSR count). The lowest BCUT2D eigenvalue weighted by atomic mass is 10.0. The Morgan fingerprint density at radius 3 is 2.69 bits per heavy atom. The molecule has 1 fully saturated rings. The van der Waals surface area contributed by atoms with Crippen molar-refractivity contribution in [2.75, 3.05) is 20.1 Å². The minimum absolute atomic E-state index is 0.630. The third-order valence-corrected chi connectivity index (χ3v) is 2.79. The van der Waals surface area contributed by atoms with Crippen LogP contribution in [0.3, 0.4) is 0 Å². The summed E-state index contributed by atoms with van der Waals surface area (Å²) < 4.78 is 2.13. The van der Waals surface area contributed by atoms with Crippen LogP contribution in [0.2, 0.25) is 0 Å². The summed E-state index contributed by atoms with van der Waals surface area (Å²) in [5.41, 5.74) is 1.26. The predicted molar refractivity (Wildman–Crippen MR) is 56.2 cm³/mol. The van der Waals surface area contributed by atoms with Gasteiger partial charge >= 0.3 is 0 Å². The Bertz CT molecular complexity index is 276. The lowest BCUT2D eigenvalue weighted by Crippen LogP contribution is -2.31. The van der Waals surface area contributed by atoms with E-state index in [9.17, 15) is 0 Å². The minimum atomic E-state index is 0.630. The smallest absolute Gasteiger partial charge is 0.143 e. The Morgan fingerprint density at radius 1 is 1.46 bits per heavy atom. The minimum Gasteiger partial charge on any atom is -0.306 e. The first-order valence-corrected chi connectivity index (χ1v) is 4.95. The molecule has 0 aliphatic carbocycles. The van der Waals surface area contributed by atoms with Crippen molar-refractivity contribution >= 4 is 13.3 Å². The van der Waals surface area contributed by atoms with Crippen LogP contribution in [-0.2, 0) is 0 Å². The summed E-state index contributed by atoms with van der Waals surface area (Å²) in [5.74, 6) is 0. The van der Waals surface area contributed by atoms with Gasteiger partial charge in [0.15, 0.2) is 0 Å². The molecule has 4 heteroatoms. The van der Waals surface area contributed by atoms with Gasteiger partial charge in [-0.05, 0) is 33.0 Å². The molecule has 0 aromatic carbocycles. The summed E-state index contributed by atoms with van der Waals surface area (Å²) in [4.78, 5) is 2.38. The molecule has 0 N–H and O–H groups in total. The maximum Gasteiger partial charge on any atom is 0.143 e. The molecule has 1 saturated heterocycles. The van der Waals surface area contributed by atoms with Gasteiger partial charge in [0.1, 0.15) is 7.85 Å². The van der Waals surface area contributed by atoms with Gasteiger partial charge in [-0.15, -0.1) is 0 Å². The molecule has 70 valence electrons. The summed E-state index contributed by atoms with van der Waals surface area (Å²) >= 11 is 0. The number of hydrogen-bond acceptors (Lipinski definition) is 2. The molecule has 3 nitrogen and oxygen atoms in total. The molecular weight excluding hydrogens is 161 g/mol. The quantitative estimate of drug-likeness (QED) is 0.534. The predicted octanol–water partition coefficient (Wildman–Crippen LogP) is -0.592. The summed E-state index contributed by atoms with van der Waals surface area (Å²) in [5, 5.41) is 4.36. The average molecular weight is 177 g/mol. The van der Waals surface area contributed by atoms with Crippen molar-refractivity contribution in [3.8, 4) is 0 Å². The van der Waals surface area contributed by atoms with E-state index in [2.05, 4.69) is 35.8 Å². The summed E-state index contributed by atoms with van der Waals surface area (Å²) in [6, 6.07) is 0.630. The van der Waals surface area contributed by atoms with Gasteiger partial charge in [0.25, 0.3) is 0 Å². The van der Waals surface area contributed by atoms with E-state index in [1.54, 1.807) is 0 Å². The van der Waals surface area contributed by atoms with E-state index in [0.29, 0.717) is 6.04 Å². The zero-order chi connectivity index (χ0) is 9.26. The third-order valence-electron chi connectivity index (χ3n) is 2.79. The Morgan fingerprint density at radius 2 is 2.15 bits per heavy atom. The molecule has 1 aliphatic heterocycles. The summed E-state index contributed by atoms with van der Waals surface area (Å²) in [6.45, 7) is 2.40. The fraction of sp³-hybridized carbons (Fsp3) is 0.667. The summed E-state index contributed by atoms with van der Waals surface area (Å²) in [7, 11) is 4.28. The van der Waals surface area contributed by atoms with E-state index in [0.717, 1.165) is 0 Å². The first kappa shape index (κ1) is 8.82. The second kappa shape index (κ2) is 3.54. The van der Waals surface area contributed by atoms with Gasteiger partial charge in [-0.3, -0.25) is 4.68 Å². The van der Waals surface area contributed by atoms with Gasteiger partial charge in [-0.2, -0.15) is 5.10 Å². The van der Waals surface area contributed by atoms with Gasteiger partial charge in [-0.25, -0.2) is 0 Å². The zero-order valence-electron chi connectivity index (χ0n) is 8.40. The number of hydrogen-bond donors (Lipinski definition) is 0. The van der Waals surface area contributed by atoms with Gasteiger partial charge < -0.3 is 4.90 Å². The Kier molecular flexibility index (Phi) is 2.40. The lowest BCUT2D eigenvalue weighted by Gasteiger charge is -2.28. The Hall–Kier alpha value is -0.765. The van der Waals surface area contributed by atoms with Crippen LogP contribution in [0.15, 0.2) is 12.4 Å². The fourth-order valence-electron chi connectivity index (χ4n) is 1.89. The highest BCUT2D eigenvalue weighted by Crippen LogP contribution is 2.19. The third kappa shape index (κ3) is 1.94. The van der Waals surface area contributed by atoms with Crippen LogP contribution in [0.4, 0.5) is 0 Å². The van der Waals surface area contributed by atoms with Crippen LogP contribution in [0.5, 0.6) is 0 Å². The molecule has 0 bridgehead atoms. The van der Waals surface area contributed by atoms with Gasteiger partial charge in [0, 0.05) is 12.4 Å². The molecule has 0 unspecified atom stereocenters. The van der Waals surface area contributed by atoms with Crippen molar-refractivity contribution in [2.45, 2.75) is 18.9 Å². The van der Waals surface area contributed by atoms with Gasteiger partial charge in [0.05, 0.1) is 6.04 Å². The Labute approximate surface area is 80.1 Å². The number of piperidine rings is 1. The monoisotopic (exact) mass is 177 g/mol. The van der Waals surface area contributed by atoms with Crippen molar-refractivity contribution in [1.29, 1.82) is 0 Å². The molecular formula is C9H16BN3. The molecule has 13 heavy (non-hydrogen) atoms. The van der Waals surface area contributed by atoms with Crippen LogP contribution >= 0.6 is 0 Å². The molecule has 2 heterocycles. The molecule has 0 amide bonds. The second-order valence-corrected chi connectivity index (χ2v) is 4.03. The van der Waals surface area contributed by atoms with Crippen LogP contribution in [-0.4, -0.2) is 42.7 Å². The van der Waals surface area contributed by atoms with Crippen molar-refractivity contribution in [3.63, 3.8) is 0 Å². The molecule has 0 saturated carbocycles. The van der Waals surface area contributed by atoms with Crippen molar-refractivity contribution < 1.29 is 0 Å². The zero-order valence-corrected chi connectivity index (χ0v) is 8.40. The van der Waals surface area contributed by atoms with Crippen molar-refractivity contribution in [3.05, 3.63) is 12.4 Å². The average Bonchev–Trinajstić information content (AvgIpc) is 2.53. The van der Waals surface area contributed by atoms with E-state index in [1.807, 2.05) is 6.20 Å². The van der Waals surface area contributed by atoms with Crippen LogP contribution < -0.4 is 5.46 Å². The molecule has 0 atom stereocenters. The highest BCUT2D eigenvalue weighted by molar-refractivity contribution is 6.31. The maximum atomic E-state index is 4.36. The molecule has 1 aromatic rings. The molecule has 0 spiro atoms. The first-order valence-electron chi connectivity index (χ1n) is 4.95. The number of likely N-dealkylation sites (tertiary alicyclic amines) is 1. The SMILES string of the molecule is Bc1cnn(C2CCN(C)CC2)c1. The van der Waals surface area contributed by atoms with Crippen LogP contribution in [0.25, 0.3) is 0 Å². The van der Waals surface area contributed by atoms with E-state index in [1.165, 1.54) is 31.4 Å². The molecule has 0 radical (unpaired) electrons. The lowest BCUT2D eigenvalue weighted by molar-refractivity contribution is 0.212.